The lowest BCUT2D eigenvalue weighted by Crippen LogP contribution is -2.10. The molecular formula is C15H20N4O2. The minimum Gasteiger partial charge on any atom is -0.476 e. The third-order valence-electron chi connectivity index (χ3n) is 3.32. The Hall–Kier alpha value is -2.24. The van der Waals surface area contributed by atoms with Gasteiger partial charge >= 0.3 is 0 Å². The van der Waals surface area contributed by atoms with Gasteiger partial charge in [0.05, 0.1) is 19.4 Å². The fourth-order valence-electron chi connectivity index (χ4n) is 2.02. The molecule has 0 aromatic carbocycles. The van der Waals surface area contributed by atoms with Crippen LogP contribution < -0.4 is 15.8 Å². The molecule has 1 fully saturated rings. The quantitative estimate of drug-likeness (QED) is 0.814. The second-order valence-corrected chi connectivity index (χ2v) is 5.20. The lowest BCUT2D eigenvalue weighted by atomic mass is 10.3. The van der Waals surface area contributed by atoms with Crippen LogP contribution in [0.25, 0.3) is 0 Å². The Kier molecular flexibility index (Phi) is 3.94. The van der Waals surface area contributed by atoms with Gasteiger partial charge in [-0.25, -0.2) is 4.98 Å². The van der Waals surface area contributed by atoms with Gasteiger partial charge in [-0.2, -0.15) is 4.98 Å². The molecule has 3 rings (SSSR count). The van der Waals surface area contributed by atoms with Crippen LogP contribution in [0.15, 0.2) is 22.8 Å². The topological polar surface area (TPSA) is 86.2 Å². The number of nitrogens with two attached hydrogens (primary N) is 1. The molecule has 6 heteroatoms. The summed E-state index contributed by atoms with van der Waals surface area (Å²) >= 11 is 0. The predicted octanol–water partition coefficient (Wildman–Crippen LogP) is 2.93. The van der Waals surface area contributed by atoms with Crippen molar-refractivity contribution < 1.29 is 9.15 Å². The molecule has 0 atom stereocenters. The maximum atomic E-state index is 6.11. The monoisotopic (exact) mass is 288 g/mol. The van der Waals surface area contributed by atoms with E-state index in [0.717, 1.165) is 30.8 Å². The first-order valence-corrected chi connectivity index (χ1v) is 7.34. The Balaban J connectivity index is 1.80. The van der Waals surface area contributed by atoms with Crippen LogP contribution in [0.5, 0.6) is 5.88 Å². The molecule has 2 aromatic rings. The lowest BCUT2D eigenvalue weighted by molar-refractivity contribution is 0.305. The third-order valence-corrected chi connectivity index (χ3v) is 3.32. The van der Waals surface area contributed by atoms with Gasteiger partial charge in [-0.05, 0) is 31.4 Å². The number of hydrogen-bond donors (Lipinski definition) is 2. The average molecular weight is 288 g/mol. The van der Waals surface area contributed by atoms with Crippen LogP contribution in [0.4, 0.5) is 11.5 Å². The maximum absolute atomic E-state index is 6.11. The Labute approximate surface area is 123 Å². The SMILES string of the molecule is CCCOc1nc(C2CC2)nc(NCc2ccco2)c1N. The van der Waals surface area contributed by atoms with Crippen molar-refractivity contribution in [2.75, 3.05) is 17.7 Å². The van der Waals surface area contributed by atoms with E-state index in [1.165, 1.54) is 0 Å². The third kappa shape index (κ3) is 3.26. The van der Waals surface area contributed by atoms with Crippen molar-refractivity contribution in [3.05, 3.63) is 30.0 Å². The second-order valence-electron chi connectivity index (χ2n) is 5.20. The molecule has 2 heterocycles. The molecular weight excluding hydrogens is 268 g/mol. The van der Waals surface area contributed by atoms with Crippen molar-refractivity contribution in [1.82, 2.24) is 9.97 Å². The van der Waals surface area contributed by atoms with Crippen molar-refractivity contribution in [3.63, 3.8) is 0 Å². The van der Waals surface area contributed by atoms with Crippen LogP contribution in [0.2, 0.25) is 0 Å². The van der Waals surface area contributed by atoms with Crippen molar-refractivity contribution in [3.8, 4) is 5.88 Å². The number of nitrogens with zero attached hydrogens (tertiary/aromatic N) is 2. The highest BCUT2D eigenvalue weighted by atomic mass is 16.5. The molecule has 3 N–H and O–H groups in total. The van der Waals surface area contributed by atoms with E-state index in [0.29, 0.717) is 36.5 Å². The summed E-state index contributed by atoms with van der Waals surface area (Å²) in [4.78, 5) is 8.99. The zero-order valence-electron chi connectivity index (χ0n) is 12.1. The lowest BCUT2D eigenvalue weighted by Gasteiger charge is -2.13. The number of furan rings is 1. The molecule has 1 aliphatic rings. The average Bonchev–Trinajstić information content (AvgIpc) is 3.21. The largest absolute Gasteiger partial charge is 0.476 e. The number of ether oxygens (including phenoxy) is 1. The van der Waals surface area contributed by atoms with Crippen LogP contribution in [0.3, 0.4) is 0 Å². The molecule has 0 aliphatic heterocycles. The molecule has 6 nitrogen and oxygen atoms in total. The highest BCUT2D eigenvalue weighted by Crippen LogP contribution is 2.40. The minimum atomic E-state index is 0.443. The highest BCUT2D eigenvalue weighted by molar-refractivity contribution is 5.67. The van der Waals surface area contributed by atoms with E-state index >= 15 is 0 Å². The predicted molar refractivity (Wildman–Crippen MR) is 80.2 cm³/mol. The molecule has 0 spiro atoms. The van der Waals surface area contributed by atoms with Crippen LogP contribution in [-0.2, 0) is 6.54 Å². The normalized spacial score (nSPS) is 14.1. The molecule has 0 bridgehead atoms. The summed E-state index contributed by atoms with van der Waals surface area (Å²) in [5, 5.41) is 3.21. The first kappa shape index (κ1) is 13.7. The van der Waals surface area contributed by atoms with Gasteiger partial charge in [0, 0.05) is 5.92 Å². The van der Waals surface area contributed by atoms with Gasteiger partial charge in [-0.15, -0.1) is 0 Å². The Morgan fingerprint density at radius 3 is 2.95 bits per heavy atom. The molecule has 1 aliphatic carbocycles. The van der Waals surface area contributed by atoms with Crippen LogP contribution in [0, 0.1) is 0 Å². The fraction of sp³-hybridized carbons (Fsp3) is 0.467. The summed E-state index contributed by atoms with van der Waals surface area (Å²) < 4.78 is 10.9. The van der Waals surface area contributed by atoms with Gasteiger partial charge in [0.2, 0.25) is 5.88 Å². The fourth-order valence-corrected chi connectivity index (χ4v) is 2.02. The van der Waals surface area contributed by atoms with Crippen LogP contribution in [-0.4, -0.2) is 16.6 Å². The van der Waals surface area contributed by atoms with Crippen LogP contribution >= 0.6 is 0 Å². The summed E-state index contributed by atoms with van der Waals surface area (Å²) in [6.45, 7) is 3.18. The van der Waals surface area contributed by atoms with E-state index in [1.54, 1.807) is 6.26 Å². The van der Waals surface area contributed by atoms with Gasteiger partial charge in [0.15, 0.2) is 5.82 Å². The number of rotatable bonds is 7. The molecule has 2 aromatic heterocycles. The number of nitrogen functional groups attached to an aromatic ring is 1. The zero-order chi connectivity index (χ0) is 14.7. The Morgan fingerprint density at radius 2 is 2.29 bits per heavy atom. The van der Waals surface area contributed by atoms with E-state index in [1.807, 2.05) is 12.1 Å². The van der Waals surface area contributed by atoms with E-state index < -0.39 is 0 Å². The molecule has 0 saturated heterocycles. The van der Waals surface area contributed by atoms with Crippen LogP contribution in [0.1, 0.15) is 43.7 Å². The van der Waals surface area contributed by atoms with Gasteiger partial charge in [0.25, 0.3) is 0 Å². The van der Waals surface area contributed by atoms with Gasteiger partial charge in [-0.3, -0.25) is 0 Å². The summed E-state index contributed by atoms with van der Waals surface area (Å²) in [5.74, 6) is 3.19. The summed E-state index contributed by atoms with van der Waals surface area (Å²) in [5.41, 5.74) is 6.57. The van der Waals surface area contributed by atoms with E-state index in [9.17, 15) is 0 Å². The highest BCUT2D eigenvalue weighted by Gasteiger charge is 2.28. The Morgan fingerprint density at radius 1 is 1.43 bits per heavy atom. The minimum absolute atomic E-state index is 0.443. The smallest absolute Gasteiger partial charge is 0.242 e. The molecule has 0 amide bonds. The molecule has 0 unspecified atom stereocenters. The molecule has 0 radical (unpaired) electrons. The van der Waals surface area contributed by atoms with E-state index in [-0.39, 0.29) is 0 Å². The van der Waals surface area contributed by atoms with Gasteiger partial charge in [-0.1, -0.05) is 6.92 Å². The molecule has 21 heavy (non-hydrogen) atoms. The summed E-state index contributed by atoms with van der Waals surface area (Å²) in [6.07, 6.45) is 4.83. The standard InChI is InChI=1S/C15H20N4O2/c1-2-7-21-15-12(16)14(17-9-11-4-3-8-20-11)18-13(19-15)10-5-6-10/h3-4,8,10H,2,5-7,9,16H2,1H3,(H,17,18,19). The number of nitrogens with one attached hydrogen (secondary N) is 1. The van der Waals surface area contributed by atoms with Gasteiger partial charge < -0.3 is 20.2 Å². The van der Waals surface area contributed by atoms with Gasteiger partial charge in [0.1, 0.15) is 17.3 Å². The first-order chi connectivity index (χ1) is 10.3. The first-order valence-electron chi connectivity index (χ1n) is 7.34. The van der Waals surface area contributed by atoms with Crippen molar-refractivity contribution in [2.24, 2.45) is 0 Å². The molecule has 112 valence electrons. The molecule has 1 saturated carbocycles. The Bertz CT molecular complexity index is 594. The zero-order valence-corrected chi connectivity index (χ0v) is 12.1. The second kappa shape index (κ2) is 6.03. The van der Waals surface area contributed by atoms with Crippen molar-refractivity contribution in [1.29, 1.82) is 0 Å². The number of aromatic nitrogens is 2. The number of hydrogen-bond acceptors (Lipinski definition) is 6. The van der Waals surface area contributed by atoms with Crippen molar-refractivity contribution >= 4 is 11.5 Å². The van der Waals surface area contributed by atoms with Crippen molar-refractivity contribution in [2.45, 2.75) is 38.6 Å². The summed E-state index contributed by atoms with van der Waals surface area (Å²) in [6, 6.07) is 3.76. The van der Waals surface area contributed by atoms with E-state index in [4.69, 9.17) is 14.9 Å². The maximum Gasteiger partial charge on any atom is 0.242 e. The van der Waals surface area contributed by atoms with E-state index in [2.05, 4.69) is 22.2 Å². The number of anilines is 2. The summed E-state index contributed by atoms with van der Waals surface area (Å²) in [7, 11) is 0.